The molecule has 0 saturated carbocycles. The highest BCUT2D eigenvalue weighted by Gasteiger charge is 2.48. The van der Waals surface area contributed by atoms with Crippen LogP contribution in [0.1, 0.15) is 66.4 Å². The number of benzene rings is 2. The first-order valence-corrected chi connectivity index (χ1v) is 13.0. The molecule has 1 fully saturated rings. The minimum atomic E-state index is -0.711. The van der Waals surface area contributed by atoms with Gasteiger partial charge in [-0.25, -0.2) is 0 Å². The normalized spacial score (nSPS) is 17.6. The van der Waals surface area contributed by atoms with E-state index in [-0.39, 0.29) is 16.7 Å². The molecule has 0 radical (unpaired) electrons. The third-order valence-electron chi connectivity index (χ3n) is 6.72. The van der Waals surface area contributed by atoms with Gasteiger partial charge in [-0.15, -0.1) is 11.3 Å². The molecule has 0 aliphatic carbocycles. The number of nitrogens with zero attached hydrogens (tertiary/aromatic N) is 1. The summed E-state index contributed by atoms with van der Waals surface area (Å²) in [5, 5.41) is 13.5. The molecule has 188 valence electrons. The van der Waals surface area contributed by atoms with Crippen LogP contribution in [0.3, 0.4) is 0 Å². The Balaban J connectivity index is 1.95. The highest BCUT2D eigenvalue weighted by Crippen LogP contribution is 2.45. The molecule has 1 saturated heterocycles. The van der Waals surface area contributed by atoms with Gasteiger partial charge in [0.05, 0.1) is 12.2 Å². The fourth-order valence-corrected chi connectivity index (χ4v) is 5.61. The van der Waals surface area contributed by atoms with Gasteiger partial charge >= 0.3 is 0 Å². The van der Waals surface area contributed by atoms with Crippen LogP contribution in [-0.2, 0) is 15.0 Å². The lowest BCUT2D eigenvalue weighted by molar-refractivity contribution is -0.132. The van der Waals surface area contributed by atoms with E-state index in [2.05, 4.69) is 20.8 Å². The molecule has 3 aromatic rings. The second-order valence-electron chi connectivity index (χ2n) is 10.3. The maximum absolute atomic E-state index is 13.5. The van der Waals surface area contributed by atoms with Gasteiger partial charge in [0.25, 0.3) is 11.7 Å². The van der Waals surface area contributed by atoms with Gasteiger partial charge in [-0.05, 0) is 91.6 Å². The molecule has 0 bridgehead atoms. The number of thiophene rings is 1. The third-order valence-corrected chi connectivity index (χ3v) is 7.80. The lowest BCUT2D eigenvalue weighted by Gasteiger charge is -2.26. The average Bonchev–Trinajstić information content (AvgIpc) is 3.35. The monoisotopic (exact) mass is 503 g/mol. The number of aliphatic hydroxyl groups is 1. The molecular weight excluding hydrogens is 470 g/mol. The Morgan fingerprint density at radius 2 is 1.72 bits per heavy atom. The number of ketones is 1. The second kappa shape index (κ2) is 9.58. The number of ether oxygens (including phenoxy) is 1. The minimum absolute atomic E-state index is 0.104. The largest absolute Gasteiger partial charge is 0.507 e. The van der Waals surface area contributed by atoms with Crippen molar-refractivity contribution in [3.63, 3.8) is 0 Å². The van der Waals surface area contributed by atoms with Gasteiger partial charge in [0.2, 0.25) is 0 Å². The first-order valence-electron chi connectivity index (χ1n) is 12.2. The van der Waals surface area contributed by atoms with Gasteiger partial charge in [-0.1, -0.05) is 26.8 Å². The number of carbonyl (C=O) groups excluding carboxylic acids is 2. The highest BCUT2D eigenvalue weighted by atomic mass is 32.1. The number of rotatable bonds is 5. The van der Waals surface area contributed by atoms with Crippen LogP contribution in [0.5, 0.6) is 5.75 Å². The van der Waals surface area contributed by atoms with E-state index in [1.807, 2.05) is 69.5 Å². The molecule has 5 nitrogen and oxygen atoms in total. The molecule has 1 atom stereocenters. The summed E-state index contributed by atoms with van der Waals surface area (Å²) in [4.78, 5) is 29.3. The topological polar surface area (TPSA) is 66.8 Å². The van der Waals surface area contributed by atoms with E-state index in [0.717, 1.165) is 32.9 Å². The van der Waals surface area contributed by atoms with E-state index in [1.54, 1.807) is 6.07 Å². The molecule has 1 N–H and O–H groups in total. The summed E-state index contributed by atoms with van der Waals surface area (Å²) in [6.07, 6.45) is 0. The van der Waals surface area contributed by atoms with E-state index >= 15 is 0 Å². The van der Waals surface area contributed by atoms with Crippen molar-refractivity contribution >= 4 is 34.5 Å². The molecule has 0 spiro atoms. The Hall–Kier alpha value is -3.38. The summed E-state index contributed by atoms with van der Waals surface area (Å²) in [7, 11) is 0. The van der Waals surface area contributed by atoms with Crippen molar-refractivity contribution in [2.24, 2.45) is 0 Å². The first-order chi connectivity index (χ1) is 17.0. The number of amides is 1. The molecule has 4 rings (SSSR count). The molecule has 2 heterocycles. The molecule has 1 amide bonds. The van der Waals surface area contributed by atoms with Crippen LogP contribution in [0.15, 0.2) is 53.4 Å². The molecule has 6 heteroatoms. The number of aliphatic hydroxyl groups excluding tert-OH is 1. The Morgan fingerprint density at radius 1 is 1.00 bits per heavy atom. The lowest BCUT2D eigenvalue weighted by Crippen LogP contribution is -2.29. The Kier molecular flexibility index (Phi) is 6.84. The van der Waals surface area contributed by atoms with E-state index in [9.17, 15) is 14.7 Å². The standard InChI is InChI=1S/C30H33NO4S/c1-8-35-23-12-10-20(16-22(23)30(5,6)7)26(32)24-25(28-18(3)13-14-36-28)31(29(34)27(24)33)21-11-9-17(2)19(4)15-21/h9-16,25,32H,8H2,1-7H3/b26-24-. The number of hydrogen-bond acceptors (Lipinski definition) is 5. The van der Waals surface area contributed by atoms with E-state index in [1.165, 1.54) is 16.2 Å². The predicted molar refractivity (Wildman–Crippen MR) is 146 cm³/mol. The maximum Gasteiger partial charge on any atom is 0.300 e. The van der Waals surface area contributed by atoms with Crippen LogP contribution < -0.4 is 9.64 Å². The van der Waals surface area contributed by atoms with Crippen molar-refractivity contribution in [3.8, 4) is 5.75 Å². The summed E-state index contributed by atoms with van der Waals surface area (Å²) in [6.45, 7) is 14.6. The molecule has 1 unspecified atom stereocenters. The fourth-order valence-electron chi connectivity index (χ4n) is 4.59. The van der Waals surface area contributed by atoms with Crippen LogP contribution in [0.4, 0.5) is 5.69 Å². The lowest BCUT2D eigenvalue weighted by atomic mass is 9.84. The van der Waals surface area contributed by atoms with E-state index in [0.29, 0.717) is 17.9 Å². The van der Waals surface area contributed by atoms with Crippen molar-refractivity contribution in [2.75, 3.05) is 11.5 Å². The zero-order chi connectivity index (χ0) is 26.4. The third kappa shape index (κ3) is 4.46. The van der Waals surface area contributed by atoms with Crippen molar-refractivity contribution in [1.29, 1.82) is 0 Å². The maximum atomic E-state index is 13.5. The van der Waals surface area contributed by atoms with Gasteiger partial charge in [-0.3, -0.25) is 14.5 Å². The van der Waals surface area contributed by atoms with Gasteiger partial charge in [0.1, 0.15) is 17.6 Å². The van der Waals surface area contributed by atoms with Crippen LogP contribution in [0, 0.1) is 20.8 Å². The van der Waals surface area contributed by atoms with Crippen molar-refractivity contribution < 1.29 is 19.4 Å². The molecule has 1 aromatic heterocycles. The number of anilines is 1. The van der Waals surface area contributed by atoms with E-state index < -0.39 is 17.7 Å². The van der Waals surface area contributed by atoms with Gasteiger partial charge in [-0.2, -0.15) is 0 Å². The Morgan fingerprint density at radius 3 is 2.31 bits per heavy atom. The van der Waals surface area contributed by atoms with Crippen molar-refractivity contribution in [3.05, 3.63) is 86.1 Å². The van der Waals surface area contributed by atoms with Crippen molar-refractivity contribution in [1.82, 2.24) is 0 Å². The molecule has 36 heavy (non-hydrogen) atoms. The summed E-state index contributed by atoms with van der Waals surface area (Å²) in [5.74, 6) is -0.761. The Labute approximate surface area is 217 Å². The van der Waals surface area contributed by atoms with Gasteiger partial charge in [0, 0.05) is 21.7 Å². The first kappa shape index (κ1) is 25.7. The molecule has 1 aliphatic rings. The zero-order valence-electron chi connectivity index (χ0n) is 21.9. The van der Waals surface area contributed by atoms with Crippen LogP contribution in [0.25, 0.3) is 5.76 Å². The smallest absolute Gasteiger partial charge is 0.300 e. The number of Topliss-reactive ketones (excluding diaryl/α,β-unsaturated/α-hetero) is 1. The molecular formula is C30H33NO4S. The number of aryl methyl sites for hydroxylation is 3. The van der Waals surface area contributed by atoms with E-state index in [4.69, 9.17) is 4.74 Å². The summed E-state index contributed by atoms with van der Waals surface area (Å²) in [6, 6.07) is 12.4. The highest BCUT2D eigenvalue weighted by molar-refractivity contribution is 7.10. The second-order valence-corrected chi connectivity index (χ2v) is 11.2. The fraction of sp³-hybridized carbons (Fsp3) is 0.333. The SMILES string of the molecule is CCOc1ccc(/C(O)=C2/C(=O)C(=O)N(c3ccc(C)c(C)c3)C2c2sccc2C)cc1C(C)(C)C. The minimum Gasteiger partial charge on any atom is -0.507 e. The van der Waals surface area contributed by atoms with Crippen molar-refractivity contribution in [2.45, 2.75) is 59.9 Å². The number of hydrogen-bond donors (Lipinski definition) is 1. The summed E-state index contributed by atoms with van der Waals surface area (Å²) < 4.78 is 5.83. The zero-order valence-corrected chi connectivity index (χ0v) is 22.7. The van der Waals surface area contributed by atoms with Gasteiger partial charge < -0.3 is 9.84 Å². The van der Waals surface area contributed by atoms with Crippen LogP contribution in [0.2, 0.25) is 0 Å². The molecule has 1 aliphatic heterocycles. The number of carbonyl (C=O) groups is 2. The predicted octanol–water partition coefficient (Wildman–Crippen LogP) is 7.00. The Bertz CT molecular complexity index is 1380. The van der Waals surface area contributed by atoms with Gasteiger partial charge in [0.15, 0.2) is 0 Å². The summed E-state index contributed by atoms with van der Waals surface area (Å²) in [5.41, 5.74) is 4.98. The van der Waals surface area contributed by atoms with Crippen LogP contribution in [-0.4, -0.2) is 23.4 Å². The van der Waals surface area contributed by atoms with Crippen LogP contribution >= 0.6 is 11.3 Å². The quantitative estimate of drug-likeness (QED) is 0.231. The summed E-state index contributed by atoms with van der Waals surface area (Å²) >= 11 is 1.48. The molecule has 2 aromatic carbocycles. The average molecular weight is 504 g/mol.